The van der Waals surface area contributed by atoms with Crippen LogP contribution in [0.5, 0.6) is 0 Å². The Morgan fingerprint density at radius 3 is 2.03 bits per heavy atom. The van der Waals surface area contributed by atoms with Crippen LogP contribution in [0.2, 0.25) is 0 Å². The van der Waals surface area contributed by atoms with Crippen molar-refractivity contribution >= 4 is 17.3 Å². The molecule has 1 aliphatic rings. The minimum Gasteiger partial charge on any atom is -0.354 e. The molecular weight excluding hydrogens is 386 g/mol. The second-order valence-corrected chi connectivity index (χ2v) is 7.48. The van der Waals surface area contributed by atoms with E-state index in [-0.39, 0.29) is 0 Å². The number of carbonyl (C=O) groups is 1. The van der Waals surface area contributed by atoms with E-state index in [1.165, 1.54) is 0 Å². The number of amides is 1. The van der Waals surface area contributed by atoms with Crippen LogP contribution in [-0.4, -0.2) is 11.1 Å². The van der Waals surface area contributed by atoms with Gasteiger partial charge in [0.1, 0.15) is 0 Å². The lowest BCUT2D eigenvalue weighted by atomic mass is 9.91. The predicted molar refractivity (Wildman–Crippen MR) is 122 cm³/mol. The minimum atomic E-state index is -0.706. The summed E-state index contributed by atoms with van der Waals surface area (Å²) in [5.74, 6) is -0.540. The van der Waals surface area contributed by atoms with Crippen LogP contribution >= 0.6 is 0 Å². The molecular formula is C26H21N3O2. The smallest absolute Gasteiger partial charge is 0.274 e. The summed E-state index contributed by atoms with van der Waals surface area (Å²) in [6, 6.07) is 33.8. The maximum Gasteiger partial charge on any atom is 0.274 e. The first-order valence-electron chi connectivity index (χ1n) is 10.1. The quantitative estimate of drug-likeness (QED) is 0.277. The highest BCUT2D eigenvalue weighted by molar-refractivity contribution is 5.94. The number of carbonyl (C=O) groups excluding carboxylic acids is 1. The lowest BCUT2D eigenvalue weighted by Gasteiger charge is -2.32. The van der Waals surface area contributed by atoms with Crippen molar-refractivity contribution in [2.45, 2.75) is 5.66 Å². The highest BCUT2D eigenvalue weighted by atomic mass is 16.5. The zero-order valence-corrected chi connectivity index (χ0v) is 16.7. The van der Waals surface area contributed by atoms with Gasteiger partial charge in [-0.2, -0.15) is 0 Å². The highest BCUT2D eigenvalue weighted by Crippen LogP contribution is 2.47. The van der Waals surface area contributed by atoms with E-state index in [4.69, 9.17) is 5.21 Å². The topological polar surface area (TPSA) is 73.4 Å². The molecule has 0 saturated carbocycles. The van der Waals surface area contributed by atoms with Gasteiger partial charge >= 0.3 is 0 Å². The van der Waals surface area contributed by atoms with Crippen LogP contribution in [0.3, 0.4) is 0 Å². The average molecular weight is 407 g/mol. The number of hydrogen-bond donors (Lipinski definition) is 4. The first-order valence-corrected chi connectivity index (χ1v) is 10.1. The fourth-order valence-corrected chi connectivity index (χ4v) is 4.15. The zero-order chi connectivity index (χ0) is 21.3. The molecule has 152 valence electrons. The summed E-state index contributed by atoms with van der Waals surface area (Å²) in [6.07, 6.45) is 0. The van der Waals surface area contributed by atoms with E-state index in [0.717, 1.165) is 33.6 Å². The van der Waals surface area contributed by atoms with Gasteiger partial charge in [-0.15, -0.1) is 0 Å². The van der Waals surface area contributed by atoms with Crippen molar-refractivity contribution in [2.75, 3.05) is 10.6 Å². The lowest BCUT2D eigenvalue weighted by molar-refractivity contribution is 0.0706. The molecule has 0 aliphatic carbocycles. The van der Waals surface area contributed by atoms with Crippen LogP contribution in [0.15, 0.2) is 103 Å². The second-order valence-electron chi connectivity index (χ2n) is 7.48. The summed E-state index contributed by atoms with van der Waals surface area (Å²) in [4.78, 5) is 11.8. The Balaban J connectivity index is 1.64. The number of anilines is 2. The van der Waals surface area contributed by atoms with E-state index < -0.39 is 11.6 Å². The lowest BCUT2D eigenvalue weighted by Crippen LogP contribution is -2.40. The minimum absolute atomic E-state index is 0.384. The number of hydrogen-bond acceptors (Lipinski definition) is 4. The van der Waals surface area contributed by atoms with Gasteiger partial charge in [0.25, 0.3) is 5.91 Å². The predicted octanol–water partition coefficient (Wildman–Crippen LogP) is 5.21. The van der Waals surface area contributed by atoms with Crippen LogP contribution in [0.1, 0.15) is 21.5 Å². The van der Waals surface area contributed by atoms with Gasteiger partial charge < -0.3 is 10.6 Å². The molecule has 1 amide bonds. The van der Waals surface area contributed by atoms with Gasteiger partial charge in [-0.1, -0.05) is 84.9 Å². The molecule has 1 heterocycles. The number of nitrogens with one attached hydrogen (secondary N) is 3. The van der Waals surface area contributed by atoms with E-state index in [1.807, 2.05) is 54.6 Å². The van der Waals surface area contributed by atoms with Crippen molar-refractivity contribution < 1.29 is 10.0 Å². The number of para-hydroxylation sites is 1. The number of rotatable bonds is 4. The number of benzene rings is 4. The molecule has 1 atom stereocenters. The van der Waals surface area contributed by atoms with E-state index in [0.29, 0.717) is 5.56 Å². The Morgan fingerprint density at radius 1 is 0.710 bits per heavy atom. The first-order chi connectivity index (χ1) is 15.2. The number of fused-ring (bicyclic) bond motifs is 1. The Hall–Kier alpha value is -4.09. The zero-order valence-electron chi connectivity index (χ0n) is 16.7. The maximum atomic E-state index is 11.8. The second kappa shape index (κ2) is 7.63. The molecule has 0 fully saturated rings. The Labute approximate surface area is 180 Å². The van der Waals surface area contributed by atoms with Crippen LogP contribution in [0, 0.1) is 0 Å². The van der Waals surface area contributed by atoms with Crippen LogP contribution in [-0.2, 0) is 5.66 Å². The third-order valence-corrected chi connectivity index (χ3v) is 5.67. The Morgan fingerprint density at radius 2 is 1.35 bits per heavy atom. The first kappa shape index (κ1) is 18.9. The van der Waals surface area contributed by atoms with Gasteiger partial charge in [0.15, 0.2) is 5.66 Å². The third kappa shape index (κ3) is 3.21. The molecule has 4 aromatic rings. The van der Waals surface area contributed by atoms with Crippen molar-refractivity contribution in [1.29, 1.82) is 0 Å². The van der Waals surface area contributed by atoms with Crippen LogP contribution in [0.25, 0.3) is 11.1 Å². The van der Waals surface area contributed by atoms with Crippen LogP contribution < -0.4 is 16.1 Å². The molecule has 0 spiro atoms. The van der Waals surface area contributed by atoms with Gasteiger partial charge in [0.05, 0.1) is 11.4 Å². The molecule has 1 aliphatic heterocycles. The standard InChI is InChI=1S/C26H21N3O2/c30-25(29-31)19-14-16-21(17-15-19)26(20-10-5-2-6-11-20)27-23-13-7-12-22(24(23)28-26)18-8-3-1-4-9-18/h1-17,27-28,31H,(H,29,30). The van der Waals surface area contributed by atoms with E-state index >= 15 is 0 Å². The van der Waals surface area contributed by atoms with Gasteiger partial charge in [-0.05, 0) is 23.8 Å². The molecule has 1 unspecified atom stereocenters. The largest absolute Gasteiger partial charge is 0.354 e. The molecule has 4 aromatic carbocycles. The average Bonchev–Trinajstić information content (AvgIpc) is 3.26. The van der Waals surface area contributed by atoms with E-state index in [1.54, 1.807) is 17.6 Å². The summed E-state index contributed by atoms with van der Waals surface area (Å²) < 4.78 is 0. The normalized spacial score (nSPS) is 16.7. The maximum absolute atomic E-state index is 11.8. The molecule has 5 nitrogen and oxygen atoms in total. The van der Waals surface area contributed by atoms with Gasteiger partial charge in [-0.25, -0.2) is 5.48 Å². The molecule has 5 rings (SSSR count). The van der Waals surface area contributed by atoms with Crippen LogP contribution in [0.4, 0.5) is 11.4 Å². The van der Waals surface area contributed by atoms with Gasteiger partial charge in [-0.3, -0.25) is 10.0 Å². The summed E-state index contributed by atoms with van der Waals surface area (Å²) in [7, 11) is 0. The monoisotopic (exact) mass is 407 g/mol. The van der Waals surface area contributed by atoms with Crippen molar-refractivity contribution in [3.63, 3.8) is 0 Å². The van der Waals surface area contributed by atoms with Crippen molar-refractivity contribution in [1.82, 2.24) is 5.48 Å². The summed E-state index contributed by atoms with van der Waals surface area (Å²) in [5.41, 5.74) is 7.62. The molecule has 5 heteroatoms. The van der Waals surface area contributed by atoms with Crippen molar-refractivity contribution in [2.24, 2.45) is 0 Å². The summed E-state index contributed by atoms with van der Waals surface area (Å²) >= 11 is 0. The van der Waals surface area contributed by atoms with E-state index in [9.17, 15) is 4.79 Å². The summed E-state index contributed by atoms with van der Waals surface area (Å²) in [6.45, 7) is 0. The van der Waals surface area contributed by atoms with Gasteiger partial charge in [0.2, 0.25) is 0 Å². The summed E-state index contributed by atoms with van der Waals surface area (Å²) in [5, 5.41) is 16.4. The van der Waals surface area contributed by atoms with Gasteiger partial charge in [0, 0.05) is 22.3 Å². The Kier molecular flexibility index (Phi) is 4.65. The molecule has 0 saturated heterocycles. The molecule has 31 heavy (non-hydrogen) atoms. The molecule has 0 radical (unpaired) electrons. The van der Waals surface area contributed by atoms with Crippen molar-refractivity contribution in [3.8, 4) is 11.1 Å². The fraction of sp³-hybridized carbons (Fsp3) is 0.0385. The Bertz CT molecular complexity index is 1220. The molecule has 0 bridgehead atoms. The fourth-order valence-electron chi connectivity index (χ4n) is 4.15. The third-order valence-electron chi connectivity index (χ3n) is 5.67. The molecule has 0 aromatic heterocycles. The molecule has 4 N–H and O–H groups in total. The SMILES string of the molecule is O=C(NO)c1ccc(C2(c3ccccc3)Nc3cccc(-c4ccccc4)c3N2)cc1. The number of hydroxylamine groups is 1. The van der Waals surface area contributed by atoms with Crippen molar-refractivity contribution in [3.05, 3.63) is 120 Å². The van der Waals surface area contributed by atoms with E-state index in [2.05, 4.69) is 47.0 Å². The highest BCUT2D eigenvalue weighted by Gasteiger charge is 2.40.